The summed E-state index contributed by atoms with van der Waals surface area (Å²) in [4.78, 5) is 4.40. The first-order valence-electron chi connectivity index (χ1n) is 3.80. The molecule has 1 aliphatic heterocycles. The molecule has 3 rings (SSSR count). The molecule has 0 aromatic heterocycles. The number of rotatable bonds is 0. The normalized spacial score (nSPS) is 16.9. The van der Waals surface area contributed by atoms with Crippen LogP contribution in [0, 0.1) is 0 Å². The van der Waals surface area contributed by atoms with Crippen molar-refractivity contribution in [2.45, 2.75) is 0 Å². The zero-order chi connectivity index (χ0) is 7.26. The van der Waals surface area contributed by atoms with Gasteiger partial charge in [-0.2, -0.15) is 0 Å². The Morgan fingerprint density at radius 1 is 1.18 bits per heavy atom. The van der Waals surface area contributed by atoms with Gasteiger partial charge in [0.25, 0.3) is 0 Å². The predicted octanol–water partition coefficient (Wildman–Crippen LogP) is 0.497. The summed E-state index contributed by atoms with van der Waals surface area (Å²) in [5, 5.41) is 2.54. The van der Waals surface area contributed by atoms with Crippen LogP contribution in [0.2, 0.25) is 0 Å². The van der Waals surface area contributed by atoms with Crippen LogP contribution >= 0.6 is 0 Å². The minimum Gasteiger partial charge on any atom is -0.280 e. The van der Waals surface area contributed by atoms with Crippen molar-refractivity contribution in [3.05, 3.63) is 40.4 Å². The van der Waals surface area contributed by atoms with E-state index in [-0.39, 0.29) is 0 Å². The van der Waals surface area contributed by atoms with E-state index in [1.54, 1.807) is 0 Å². The average Bonchev–Trinajstić information content (AvgIpc) is 2.60. The molecule has 1 aliphatic carbocycles. The fraction of sp³-hybridized carbons (Fsp3) is 0.100. The van der Waals surface area contributed by atoms with Gasteiger partial charge in [0.1, 0.15) is 0 Å². The molecule has 1 heterocycles. The summed E-state index contributed by atoms with van der Waals surface area (Å²) in [6.07, 6.45) is 4.34. The van der Waals surface area contributed by atoms with E-state index in [2.05, 4.69) is 35.3 Å². The molecule has 0 amide bonds. The van der Waals surface area contributed by atoms with Crippen LogP contribution in [0.1, 0.15) is 5.56 Å². The lowest BCUT2D eigenvalue weighted by molar-refractivity contribution is 1.21. The second-order valence-corrected chi connectivity index (χ2v) is 2.92. The van der Waals surface area contributed by atoms with Gasteiger partial charge in [0.2, 0.25) is 0 Å². The van der Waals surface area contributed by atoms with Crippen molar-refractivity contribution >= 4 is 11.6 Å². The topological polar surface area (TPSA) is 12.4 Å². The Balaban J connectivity index is 2.69. The van der Waals surface area contributed by atoms with Crippen LogP contribution in [-0.4, -0.2) is 6.54 Å². The molecule has 0 N–H and O–H groups in total. The molecule has 1 nitrogen and oxygen atoms in total. The highest BCUT2D eigenvalue weighted by Crippen LogP contribution is 2.10. The maximum atomic E-state index is 4.40. The molecule has 52 valence electrons. The summed E-state index contributed by atoms with van der Waals surface area (Å²) in [5.41, 5.74) is 2.72. The van der Waals surface area contributed by atoms with Crippen LogP contribution in [0.5, 0.6) is 0 Å². The van der Waals surface area contributed by atoms with Crippen molar-refractivity contribution in [1.29, 1.82) is 0 Å². The molecule has 0 radical (unpaired) electrons. The lowest BCUT2D eigenvalue weighted by Crippen LogP contribution is -2.23. The van der Waals surface area contributed by atoms with Crippen molar-refractivity contribution < 1.29 is 0 Å². The van der Waals surface area contributed by atoms with Crippen LogP contribution in [-0.2, 0) is 0 Å². The maximum absolute atomic E-state index is 4.40. The molecule has 11 heavy (non-hydrogen) atoms. The van der Waals surface area contributed by atoms with E-state index >= 15 is 0 Å². The van der Waals surface area contributed by atoms with Gasteiger partial charge in [0.15, 0.2) is 0 Å². The molecule has 1 aromatic carbocycles. The highest BCUT2D eigenvalue weighted by atomic mass is 14.7. The first kappa shape index (κ1) is 5.30. The molecule has 0 bridgehead atoms. The Bertz CT molecular complexity index is 466. The Kier molecular flexibility index (Phi) is 0.779. The van der Waals surface area contributed by atoms with Crippen LogP contribution in [0.25, 0.3) is 11.6 Å². The smallest absolute Gasteiger partial charge is 0.0660 e. The minimum absolute atomic E-state index is 0.878. The predicted molar refractivity (Wildman–Crippen MR) is 44.5 cm³/mol. The molecule has 0 atom stereocenters. The summed E-state index contributed by atoms with van der Waals surface area (Å²) in [6.45, 7) is 0.878. The summed E-state index contributed by atoms with van der Waals surface area (Å²) in [5.74, 6) is 0. The minimum atomic E-state index is 0.878. The van der Waals surface area contributed by atoms with E-state index in [4.69, 9.17) is 0 Å². The first-order chi connectivity index (χ1) is 5.45. The quantitative estimate of drug-likeness (QED) is 0.499. The van der Waals surface area contributed by atoms with Crippen LogP contribution in [0.3, 0.4) is 0 Å². The Labute approximate surface area is 64.4 Å². The Hall–Kier alpha value is -1.37. The fourth-order valence-electron chi connectivity index (χ4n) is 1.75. The second kappa shape index (κ2) is 1.62. The summed E-state index contributed by atoms with van der Waals surface area (Å²) >= 11 is 0. The molecule has 1 heteroatoms. The third-order valence-corrected chi connectivity index (χ3v) is 2.28. The van der Waals surface area contributed by atoms with Gasteiger partial charge in [-0.05, 0) is 17.2 Å². The maximum Gasteiger partial charge on any atom is 0.0660 e. The fourth-order valence-corrected chi connectivity index (χ4v) is 1.75. The Morgan fingerprint density at radius 3 is 3.18 bits per heavy atom. The number of hydrogen-bond acceptors (Lipinski definition) is 1. The molecule has 1 aromatic rings. The average molecular weight is 141 g/mol. The van der Waals surface area contributed by atoms with Crippen molar-refractivity contribution in [2.24, 2.45) is 4.99 Å². The van der Waals surface area contributed by atoms with E-state index in [0.717, 1.165) is 6.54 Å². The van der Waals surface area contributed by atoms with Gasteiger partial charge in [-0.1, -0.05) is 24.3 Å². The van der Waals surface area contributed by atoms with E-state index in [1.165, 1.54) is 21.7 Å². The van der Waals surface area contributed by atoms with Gasteiger partial charge in [-0.25, -0.2) is 0 Å². The van der Waals surface area contributed by atoms with Crippen molar-refractivity contribution in [3.63, 3.8) is 0 Å². The molecule has 0 fully saturated rings. The second-order valence-electron chi connectivity index (χ2n) is 2.92. The monoisotopic (exact) mass is 141 g/mol. The van der Waals surface area contributed by atoms with Crippen LogP contribution in [0.15, 0.2) is 29.3 Å². The van der Waals surface area contributed by atoms with Crippen molar-refractivity contribution in [3.8, 4) is 0 Å². The summed E-state index contributed by atoms with van der Waals surface area (Å²) in [7, 11) is 0. The van der Waals surface area contributed by atoms with Crippen LogP contribution < -0.4 is 10.6 Å². The van der Waals surface area contributed by atoms with E-state index in [0.29, 0.717) is 0 Å². The molecule has 0 unspecified atom stereocenters. The number of nitrogens with zero attached hydrogens (tertiary/aromatic N) is 1. The largest absolute Gasteiger partial charge is 0.280 e. The third kappa shape index (κ3) is 0.535. The SMILES string of the molecule is C1=Cc2cccc3c2=C1CN=3. The van der Waals surface area contributed by atoms with Gasteiger partial charge in [0, 0.05) is 5.22 Å². The standard InChI is InChI=1S/C10H7N/c1-2-7-4-5-8-6-11-9(3-1)10(7)8/h1-5H,6H2. The lowest BCUT2D eigenvalue weighted by atomic mass is 10.2. The van der Waals surface area contributed by atoms with E-state index in [1.807, 2.05) is 0 Å². The number of benzene rings is 1. The first-order valence-corrected chi connectivity index (χ1v) is 3.80. The molecular formula is C10H7N. The van der Waals surface area contributed by atoms with Crippen LogP contribution in [0.4, 0.5) is 0 Å². The van der Waals surface area contributed by atoms with Crippen molar-refractivity contribution in [2.75, 3.05) is 6.54 Å². The highest BCUT2D eigenvalue weighted by molar-refractivity contribution is 5.77. The summed E-state index contributed by atoms with van der Waals surface area (Å²) < 4.78 is 0. The van der Waals surface area contributed by atoms with Gasteiger partial charge in [-0.3, -0.25) is 4.99 Å². The van der Waals surface area contributed by atoms with Gasteiger partial charge in [-0.15, -0.1) is 0 Å². The number of hydrogen-bond donors (Lipinski definition) is 0. The van der Waals surface area contributed by atoms with E-state index in [9.17, 15) is 0 Å². The van der Waals surface area contributed by atoms with Gasteiger partial charge < -0.3 is 0 Å². The zero-order valence-corrected chi connectivity index (χ0v) is 6.04. The molecule has 2 aliphatic rings. The van der Waals surface area contributed by atoms with Gasteiger partial charge in [0.05, 0.1) is 11.9 Å². The molecule has 0 spiro atoms. The Morgan fingerprint density at radius 2 is 2.18 bits per heavy atom. The highest BCUT2D eigenvalue weighted by Gasteiger charge is 2.10. The van der Waals surface area contributed by atoms with Gasteiger partial charge >= 0.3 is 0 Å². The summed E-state index contributed by atoms with van der Waals surface area (Å²) in [6, 6.07) is 6.29. The molecular weight excluding hydrogens is 134 g/mol. The van der Waals surface area contributed by atoms with Crippen molar-refractivity contribution in [1.82, 2.24) is 0 Å². The third-order valence-electron chi connectivity index (χ3n) is 2.28. The van der Waals surface area contributed by atoms with E-state index < -0.39 is 0 Å². The molecule has 0 saturated heterocycles. The molecule has 0 saturated carbocycles. The lowest BCUT2D eigenvalue weighted by Gasteiger charge is -1.87. The zero-order valence-electron chi connectivity index (χ0n) is 6.04.